The molecule has 0 radical (unpaired) electrons. The van der Waals surface area contributed by atoms with E-state index in [0.29, 0.717) is 16.3 Å². The Morgan fingerprint density at radius 3 is 2.54 bits per heavy atom. The van der Waals surface area contributed by atoms with Gasteiger partial charge >= 0.3 is 6.03 Å². The van der Waals surface area contributed by atoms with Crippen molar-refractivity contribution in [3.8, 4) is 11.5 Å². The second-order valence-corrected chi connectivity index (χ2v) is 5.89. The van der Waals surface area contributed by atoms with Crippen LogP contribution in [0.15, 0.2) is 48.5 Å². The van der Waals surface area contributed by atoms with Crippen molar-refractivity contribution in [2.75, 3.05) is 7.11 Å². The Labute approximate surface area is 149 Å². The molecule has 1 saturated heterocycles. The van der Waals surface area contributed by atoms with Crippen LogP contribution in [0.3, 0.4) is 0 Å². The van der Waals surface area contributed by atoms with Crippen LogP contribution >= 0.6 is 0 Å². The van der Waals surface area contributed by atoms with E-state index < -0.39 is 23.4 Å². The van der Waals surface area contributed by atoms with E-state index in [-0.39, 0.29) is 11.3 Å². The Morgan fingerprint density at radius 2 is 1.88 bits per heavy atom. The Bertz CT molecular complexity index is 884. The number of ether oxygens (including phenoxy) is 1. The van der Waals surface area contributed by atoms with Crippen molar-refractivity contribution >= 4 is 17.8 Å². The van der Waals surface area contributed by atoms with Gasteiger partial charge in [-0.2, -0.15) is 5.01 Å². The maximum atomic E-state index is 12.8. The van der Waals surface area contributed by atoms with E-state index in [1.807, 2.05) is 0 Å². The monoisotopic (exact) mass is 355 g/mol. The lowest BCUT2D eigenvalue weighted by Gasteiger charge is -2.22. The molecule has 0 bridgehead atoms. The number of hydrazine groups is 1. The summed E-state index contributed by atoms with van der Waals surface area (Å²) in [6.07, 6.45) is 0. The Balaban J connectivity index is 1.86. The summed E-state index contributed by atoms with van der Waals surface area (Å²) in [5, 5.41) is 13.0. The van der Waals surface area contributed by atoms with Gasteiger partial charge < -0.3 is 15.2 Å². The zero-order valence-electron chi connectivity index (χ0n) is 14.1. The number of phenols is 1. The molecule has 26 heavy (non-hydrogen) atoms. The van der Waals surface area contributed by atoms with Crippen LogP contribution in [0.4, 0.5) is 4.79 Å². The summed E-state index contributed by atoms with van der Waals surface area (Å²) in [4.78, 5) is 37.4. The highest BCUT2D eigenvalue weighted by Gasteiger charge is 2.50. The number of urea groups is 1. The summed E-state index contributed by atoms with van der Waals surface area (Å²) < 4.78 is 5.01. The van der Waals surface area contributed by atoms with Gasteiger partial charge in [0.15, 0.2) is 0 Å². The average molecular weight is 355 g/mol. The molecule has 1 atom stereocenters. The molecule has 0 aromatic heterocycles. The summed E-state index contributed by atoms with van der Waals surface area (Å²) in [7, 11) is 1.41. The Kier molecular flexibility index (Phi) is 4.25. The highest BCUT2D eigenvalue weighted by molar-refractivity contribution is 6.09. The van der Waals surface area contributed by atoms with Crippen LogP contribution in [-0.2, 0) is 10.3 Å². The van der Waals surface area contributed by atoms with Crippen LogP contribution in [0.1, 0.15) is 22.8 Å². The highest BCUT2D eigenvalue weighted by atomic mass is 16.5. The number of hydrogen-bond acceptors (Lipinski definition) is 5. The fraction of sp³-hybridized carbons (Fsp3) is 0.167. The smallest absolute Gasteiger partial charge is 0.344 e. The summed E-state index contributed by atoms with van der Waals surface area (Å²) in [6.45, 7) is 1.55. The largest absolute Gasteiger partial charge is 0.507 e. The summed E-state index contributed by atoms with van der Waals surface area (Å²) in [5.41, 5.74) is 1.38. The van der Waals surface area contributed by atoms with Gasteiger partial charge in [0, 0.05) is 0 Å². The van der Waals surface area contributed by atoms with Crippen molar-refractivity contribution in [3.63, 3.8) is 0 Å². The van der Waals surface area contributed by atoms with Crippen LogP contribution in [0, 0.1) is 0 Å². The van der Waals surface area contributed by atoms with E-state index >= 15 is 0 Å². The number of benzene rings is 2. The van der Waals surface area contributed by atoms with Gasteiger partial charge in [0.1, 0.15) is 17.0 Å². The Morgan fingerprint density at radius 1 is 1.19 bits per heavy atom. The molecule has 3 rings (SSSR count). The number of carbonyl (C=O) groups excluding carboxylic acids is 3. The van der Waals surface area contributed by atoms with Crippen molar-refractivity contribution < 1.29 is 24.2 Å². The van der Waals surface area contributed by atoms with Gasteiger partial charge in [0.25, 0.3) is 11.8 Å². The highest BCUT2D eigenvalue weighted by Crippen LogP contribution is 2.28. The zero-order chi connectivity index (χ0) is 18.9. The molecule has 2 aromatic carbocycles. The third kappa shape index (κ3) is 2.81. The molecule has 1 unspecified atom stereocenters. The number of nitrogens with zero attached hydrogens (tertiary/aromatic N) is 1. The fourth-order valence-corrected chi connectivity index (χ4v) is 2.69. The van der Waals surface area contributed by atoms with Gasteiger partial charge in [0.05, 0.1) is 12.7 Å². The lowest BCUT2D eigenvalue weighted by Crippen LogP contribution is -2.47. The number of amides is 4. The SMILES string of the molecule is COc1ccc(O)c(C(=O)NN2C(=O)NC(C)(c3ccccc3)C2=O)c1. The first-order valence-corrected chi connectivity index (χ1v) is 7.77. The number of phenolic OH excluding ortho intramolecular Hbond substituents is 1. The number of rotatable bonds is 4. The number of aromatic hydroxyl groups is 1. The molecular formula is C18H17N3O5. The van der Waals surface area contributed by atoms with Gasteiger partial charge in [-0.1, -0.05) is 30.3 Å². The van der Waals surface area contributed by atoms with E-state index in [9.17, 15) is 19.5 Å². The van der Waals surface area contributed by atoms with Gasteiger partial charge in [-0.25, -0.2) is 4.79 Å². The Hall–Kier alpha value is -3.55. The van der Waals surface area contributed by atoms with E-state index in [0.717, 1.165) is 0 Å². The van der Waals surface area contributed by atoms with Gasteiger partial charge in [0.2, 0.25) is 0 Å². The number of methoxy groups -OCH3 is 1. The molecule has 0 saturated carbocycles. The van der Waals surface area contributed by atoms with Gasteiger partial charge in [-0.3, -0.25) is 15.0 Å². The molecule has 3 N–H and O–H groups in total. The molecular weight excluding hydrogens is 338 g/mol. The average Bonchev–Trinajstić information content (AvgIpc) is 2.87. The molecule has 8 heteroatoms. The first-order valence-electron chi connectivity index (χ1n) is 7.77. The predicted molar refractivity (Wildman–Crippen MR) is 91.3 cm³/mol. The standard InChI is InChI=1S/C18H17N3O5/c1-18(11-6-4-3-5-7-11)16(24)21(17(25)19-18)20-15(23)13-10-12(26-2)8-9-14(13)22/h3-10,22H,1-2H3,(H,19,25)(H,20,23). The summed E-state index contributed by atoms with van der Waals surface area (Å²) >= 11 is 0. The molecule has 134 valence electrons. The van der Waals surface area contributed by atoms with E-state index in [2.05, 4.69) is 10.7 Å². The van der Waals surface area contributed by atoms with Crippen LogP contribution in [0.2, 0.25) is 0 Å². The van der Waals surface area contributed by atoms with Crippen molar-refractivity contribution in [2.24, 2.45) is 0 Å². The first kappa shape index (κ1) is 17.3. The number of hydrogen-bond donors (Lipinski definition) is 3. The predicted octanol–water partition coefficient (Wildman–Crippen LogP) is 1.51. The third-order valence-corrected chi connectivity index (χ3v) is 4.20. The van der Waals surface area contributed by atoms with Crippen LogP contribution in [0.5, 0.6) is 11.5 Å². The summed E-state index contributed by atoms with van der Waals surface area (Å²) in [5.74, 6) is -1.41. The lowest BCUT2D eigenvalue weighted by molar-refractivity contribution is -0.132. The lowest BCUT2D eigenvalue weighted by atomic mass is 9.92. The molecule has 1 heterocycles. The first-order chi connectivity index (χ1) is 12.4. The second-order valence-electron chi connectivity index (χ2n) is 5.89. The molecule has 0 aliphatic carbocycles. The summed E-state index contributed by atoms with van der Waals surface area (Å²) in [6, 6.07) is 12.0. The van der Waals surface area contributed by atoms with E-state index in [1.165, 1.54) is 25.3 Å². The molecule has 2 aromatic rings. The number of nitrogens with one attached hydrogen (secondary N) is 2. The molecule has 4 amide bonds. The normalized spacial score (nSPS) is 19.2. The van der Waals surface area contributed by atoms with Gasteiger partial charge in [-0.15, -0.1) is 0 Å². The maximum absolute atomic E-state index is 12.8. The van der Waals surface area contributed by atoms with Crippen molar-refractivity contribution in [2.45, 2.75) is 12.5 Å². The minimum atomic E-state index is -1.30. The zero-order valence-corrected chi connectivity index (χ0v) is 14.1. The van der Waals surface area contributed by atoms with E-state index in [1.54, 1.807) is 37.3 Å². The quantitative estimate of drug-likeness (QED) is 0.721. The molecule has 1 aliphatic heterocycles. The van der Waals surface area contributed by atoms with Crippen molar-refractivity contribution in [1.82, 2.24) is 15.8 Å². The molecule has 1 aliphatic rings. The van der Waals surface area contributed by atoms with Crippen LogP contribution in [0.25, 0.3) is 0 Å². The van der Waals surface area contributed by atoms with Crippen molar-refractivity contribution in [1.29, 1.82) is 0 Å². The minimum Gasteiger partial charge on any atom is -0.507 e. The second kappa shape index (κ2) is 6.40. The fourth-order valence-electron chi connectivity index (χ4n) is 2.69. The molecule has 0 spiro atoms. The number of imide groups is 1. The van der Waals surface area contributed by atoms with Crippen molar-refractivity contribution in [3.05, 3.63) is 59.7 Å². The molecule has 8 nitrogen and oxygen atoms in total. The van der Waals surface area contributed by atoms with Crippen LogP contribution < -0.4 is 15.5 Å². The third-order valence-electron chi connectivity index (χ3n) is 4.20. The van der Waals surface area contributed by atoms with Crippen LogP contribution in [-0.4, -0.2) is 35.1 Å². The number of carbonyl (C=O) groups is 3. The topological polar surface area (TPSA) is 108 Å². The van der Waals surface area contributed by atoms with Gasteiger partial charge in [-0.05, 0) is 30.7 Å². The molecule has 1 fully saturated rings. The minimum absolute atomic E-state index is 0.127. The van der Waals surface area contributed by atoms with E-state index in [4.69, 9.17) is 4.74 Å². The maximum Gasteiger partial charge on any atom is 0.344 e.